The lowest BCUT2D eigenvalue weighted by Crippen LogP contribution is -2.41. The molecule has 4 rings (SSSR count). The number of halogens is 1. The smallest absolute Gasteiger partial charge is 0.320 e. The lowest BCUT2D eigenvalue weighted by Gasteiger charge is -2.33. The van der Waals surface area contributed by atoms with Gasteiger partial charge in [-0.25, -0.2) is 4.39 Å². The number of carboxylic acid groups (broad SMARTS) is 1. The number of pyridine rings is 1. The largest absolute Gasteiger partial charge is 0.480 e. The lowest BCUT2D eigenvalue weighted by atomic mass is 9.84. The number of aliphatic carboxylic acids is 1. The van der Waals surface area contributed by atoms with Crippen molar-refractivity contribution >= 4 is 16.9 Å². The molecule has 0 spiro atoms. The van der Waals surface area contributed by atoms with Crippen molar-refractivity contribution in [3.8, 4) is 0 Å². The molecule has 0 amide bonds. The fraction of sp³-hybridized carbons (Fsp3) is 0.474. The van der Waals surface area contributed by atoms with Gasteiger partial charge in [-0.05, 0) is 48.9 Å². The third kappa shape index (κ3) is 2.67. The van der Waals surface area contributed by atoms with Crippen LogP contribution in [0.4, 0.5) is 4.39 Å². The minimum Gasteiger partial charge on any atom is -0.480 e. The third-order valence-corrected chi connectivity index (χ3v) is 5.61. The van der Waals surface area contributed by atoms with Crippen molar-refractivity contribution in [3.63, 3.8) is 0 Å². The van der Waals surface area contributed by atoms with E-state index < -0.39 is 12.0 Å². The maximum Gasteiger partial charge on any atom is 0.320 e. The van der Waals surface area contributed by atoms with Crippen LogP contribution in [0.15, 0.2) is 30.5 Å². The van der Waals surface area contributed by atoms with E-state index in [4.69, 9.17) is 0 Å². The Bertz CT molecular complexity index is 779. The van der Waals surface area contributed by atoms with Crippen LogP contribution < -0.4 is 0 Å². The van der Waals surface area contributed by atoms with Gasteiger partial charge in [0.05, 0.1) is 5.52 Å². The quantitative estimate of drug-likeness (QED) is 0.935. The van der Waals surface area contributed by atoms with E-state index in [1.807, 2.05) is 6.07 Å². The van der Waals surface area contributed by atoms with Crippen molar-refractivity contribution in [2.45, 2.75) is 50.7 Å². The molecule has 126 valence electrons. The summed E-state index contributed by atoms with van der Waals surface area (Å²) >= 11 is 0. The summed E-state index contributed by atoms with van der Waals surface area (Å²) in [5.74, 6) is -0.609. The molecule has 4 nitrogen and oxygen atoms in total. The van der Waals surface area contributed by atoms with E-state index in [1.165, 1.54) is 18.6 Å². The molecule has 24 heavy (non-hydrogen) atoms. The van der Waals surface area contributed by atoms with Gasteiger partial charge in [0.1, 0.15) is 11.9 Å². The maximum absolute atomic E-state index is 14.0. The SMILES string of the molecule is O=C(O)[C@@H]1C[C@H]2CCCC[C@H]2N1Cc1cc(F)cc2cccnc12. The van der Waals surface area contributed by atoms with Crippen LogP contribution in [-0.2, 0) is 11.3 Å². The van der Waals surface area contributed by atoms with Crippen molar-refractivity contribution in [2.75, 3.05) is 0 Å². The molecular formula is C19H21FN2O2. The Morgan fingerprint density at radius 1 is 1.33 bits per heavy atom. The molecule has 0 radical (unpaired) electrons. The molecule has 1 aliphatic carbocycles. The Balaban J connectivity index is 1.71. The van der Waals surface area contributed by atoms with Crippen molar-refractivity contribution < 1.29 is 14.3 Å². The molecule has 1 saturated heterocycles. The predicted octanol–water partition coefficient (Wildman–Crippen LogP) is 3.59. The number of benzene rings is 1. The Kier molecular flexibility index (Phi) is 3.96. The fourth-order valence-electron chi connectivity index (χ4n) is 4.57. The first-order valence-electron chi connectivity index (χ1n) is 8.65. The highest BCUT2D eigenvalue weighted by molar-refractivity contribution is 5.82. The first kappa shape index (κ1) is 15.5. The van der Waals surface area contributed by atoms with Crippen molar-refractivity contribution in [2.24, 2.45) is 5.92 Å². The number of likely N-dealkylation sites (tertiary alicyclic amines) is 1. The van der Waals surface area contributed by atoms with Crippen LogP contribution in [0.1, 0.15) is 37.7 Å². The van der Waals surface area contributed by atoms with Crippen LogP contribution in [-0.4, -0.2) is 33.0 Å². The number of hydrogen-bond acceptors (Lipinski definition) is 3. The summed E-state index contributed by atoms with van der Waals surface area (Å²) in [7, 11) is 0. The molecule has 2 fully saturated rings. The summed E-state index contributed by atoms with van der Waals surface area (Å²) in [6.45, 7) is 0.448. The zero-order chi connectivity index (χ0) is 16.7. The van der Waals surface area contributed by atoms with Crippen LogP contribution >= 0.6 is 0 Å². The highest BCUT2D eigenvalue weighted by Crippen LogP contribution is 2.41. The summed E-state index contributed by atoms with van der Waals surface area (Å²) < 4.78 is 14.0. The van der Waals surface area contributed by atoms with E-state index in [1.54, 1.807) is 12.3 Å². The molecule has 2 aromatic rings. The van der Waals surface area contributed by atoms with Gasteiger partial charge in [-0.1, -0.05) is 18.9 Å². The second-order valence-corrected chi connectivity index (χ2v) is 7.01. The molecule has 1 aliphatic heterocycles. The average Bonchev–Trinajstić information content (AvgIpc) is 2.94. The van der Waals surface area contributed by atoms with Gasteiger partial charge in [0, 0.05) is 24.2 Å². The molecule has 1 N–H and O–H groups in total. The van der Waals surface area contributed by atoms with Crippen LogP contribution in [0.25, 0.3) is 10.9 Å². The molecule has 0 bridgehead atoms. The van der Waals surface area contributed by atoms with E-state index >= 15 is 0 Å². The zero-order valence-electron chi connectivity index (χ0n) is 13.5. The molecule has 1 saturated carbocycles. The van der Waals surface area contributed by atoms with E-state index in [9.17, 15) is 14.3 Å². The van der Waals surface area contributed by atoms with Gasteiger partial charge in [0.25, 0.3) is 0 Å². The van der Waals surface area contributed by atoms with Crippen LogP contribution in [0.5, 0.6) is 0 Å². The molecule has 1 aromatic carbocycles. The number of carboxylic acids is 1. The molecule has 2 heterocycles. The van der Waals surface area contributed by atoms with Gasteiger partial charge in [-0.3, -0.25) is 14.7 Å². The molecular weight excluding hydrogens is 307 g/mol. The minimum absolute atomic E-state index is 0.293. The standard InChI is InChI=1S/C19H21FN2O2/c20-15-8-13-5-3-7-21-18(13)14(9-15)11-22-16-6-2-1-4-12(16)10-17(22)19(23)24/h3,5,7-9,12,16-17H,1-2,4,6,10-11H2,(H,23,24)/t12-,16-,17+/m1/s1. The normalized spacial score (nSPS) is 27.3. The van der Waals surface area contributed by atoms with Crippen molar-refractivity contribution in [3.05, 3.63) is 41.8 Å². The van der Waals surface area contributed by atoms with Crippen LogP contribution in [0.3, 0.4) is 0 Å². The number of rotatable bonds is 3. The molecule has 2 aliphatic rings. The fourth-order valence-corrected chi connectivity index (χ4v) is 4.57. The number of aromatic nitrogens is 1. The second kappa shape index (κ2) is 6.13. The van der Waals surface area contributed by atoms with Crippen molar-refractivity contribution in [1.29, 1.82) is 0 Å². The predicted molar refractivity (Wildman–Crippen MR) is 89.0 cm³/mol. The van der Waals surface area contributed by atoms with Gasteiger partial charge in [0.15, 0.2) is 0 Å². The zero-order valence-corrected chi connectivity index (χ0v) is 13.5. The van der Waals surface area contributed by atoms with E-state index in [0.717, 1.165) is 35.7 Å². The van der Waals surface area contributed by atoms with Gasteiger partial charge >= 0.3 is 5.97 Å². The first-order valence-corrected chi connectivity index (χ1v) is 8.65. The highest BCUT2D eigenvalue weighted by Gasteiger charge is 2.45. The Morgan fingerprint density at radius 3 is 3.00 bits per heavy atom. The summed E-state index contributed by atoms with van der Waals surface area (Å²) in [5.41, 5.74) is 1.55. The third-order valence-electron chi connectivity index (χ3n) is 5.61. The monoisotopic (exact) mass is 328 g/mol. The highest BCUT2D eigenvalue weighted by atomic mass is 19.1. The summed E-state index contributed by atoms with van der Waals surface area (Å²) in [6, 6.07) is 6.44. The summed E-state index contributed by atoms with van der Waals surface area (Å²) in [6.07, 6.45) is 6.88. The lowest BCUT2D eigenvalue weighted by molar-refractivity contribution is -0.142. The van der Waals surface area contributed by atoms with E-state index in [2.05, 4.69) is 9.88 Å². The van der Waals surface area contributed by atoms with E-state index in [-0.39, 0.29) is 5.82 Å². The summed E-state index contributed by atoms with van der Waals surface area (Å²) in [5, 5.41) is 10.4. The van der Waals surface area contributed by atoms with Gasteiger partial charge < -0.3 is 5.11 Å². The molecule has 5 heteroatoms. The molecule has 1 aromatic heterocycles. The Hall–Kier alpha value is -2.01. The average molecular weight is 328 g/mol. The topological polar surface area (TPSA) is 53.4 Å². The van der Waals surface area contributed by atoms with Gasteiger partial charge in [-0.2, -0.15) is 0 Å². The first-order chi connectivity index (χ1) is 11.6. The molecule has 0 unspecified atom stereocenters. The second-order valence-electron chi connectivity index (χ2n) is 7.01. The number of hydrogen-bond donors (Lipinski definition) is 1. The van der Waals surface area contributed by atoms with E-state index in [0.29, 0.717) is 24.9 Å². The van der Waals surface area contributed by atoms with Gasteiger partial charge in [0.2, 0.25) is 0 Å². The van der Waals surface area contributed by atoms with Crippen molar-refractivity contribution in [1.82, 2.24) is 9.88 Å². The number of carbonyl (C=O) groups is 1. The Labute approximate surface area is 140 Å². The van der Waals surface area contributed by atoms with Gasteiger partial charge in [-0.15, -0.1) is 0 Å². The Morgan fingerprint density at radius 2 is 2.17 bits per heavy atom. The molecule has 3 atom stereocenters. The number of nitrogens with zero attached hydrogens (tertiary/aromatic N) is 2. The maximum atomic E-state index is 14.0. The minimum atomic E-state index is -0.766. The summed E-state index contributed by atoms with van der Waals surface area (Å²) in [4.78, 5) is 18.2. The van der Waals surface area contributed by atoms with Crippen LogP contribution in [0, 0.1) is 11.7 Å². The number of fused-ring (bicyclic) bond motifs is 2. The van der Waals surface area contributed by atoms with Crippen LogP contribution in [0.2, 0.25) is 0 Å².